The van der Waals surface area contributed by atoms with E-state index in [-0.39, 0.29) is 6.10 Å². The number of likely N-dealkylation sites (tertiary alicyclic amines) is 1. The number of nitrogen functional groups attached to an aromatic ring is 1. The van der Waals surface area contributed by atoms with Crippen molar-refractivity contribution in [2.45, 2.75) is 25.5 Å². The summed E-state index contributed by atoms with van der Waals surface area (Å²) in [6, 6.07) is 3.86. The van der Waals surface area contributed by atoms with E-state index in [0.717, 1.165) is 38.0 Å². The molecule has 1 atom stereocenters. The van der Waals surface area contributed by atoms with Gasteiger partial charge in [0.2, 0.25) is 0 Å². The monoisotopic (exact) mass is 207 g/mol. The molecule has 1 aliphatic rings. The van der Waals surface area contributed by atoms with E-state index in [2.05, 4.69) is 9.88 Å². The van der Waals surface area contributed by atoms with Crippen LogP contribution in [-0.4, -0.2) is 34.2 Å². The first kappa shape index (κ1) is 10.4. The molecule has 82 valence electrons. The molecule has 0 radical (unpaired) electrons. The van der Waals surface area contributed by atoms with E-state index in [1.165, 1.54) is 0 Å². The van der Waals surface area contributed by atoms with Crippen molar-refractivity contribution in [2.75, 3.05) is 18.8 Å². The minimum Gasteiger partial charge on any atom is -0.392 e. The Balaban J connectivity index is 1.96. The van der Waals surface area contributed by atoms with Crippen molar-refractivity contribution >= 4 is 5.82 Å². The van der Waals surface area contributed by atoms with Crippen LogP contribution in [0.1, 0.15) is 18.4 Å². The zero-order chi connectivity index (χ0) is 10.7. The van der Waals surface area contributed by atoms with Gasteiger partial charge in [-0.25, -0.2) is 4.98 Å². The predicted molar refractivity (Wildman–Crippen MR) is 59.2 cm³/mol. The second-order valence-electron chi connectivity index (χ2n) is 4.12. The van der Waals surface area contributed by atoms with Crippen molar-refractivity contribution in [1.29, 1.82) is 0 Å². The van der Waals surface area contributed by atoms with Gasteiger partial charge in [-0.2, -0.15) is 0 Å². The van der Waals surface area contributed by atoms with E-state index in [0.29, 0.717) is 5.82 Å². The van der Waals surface area contributed by atoms with Gasteiger partial charge in [0.15, 0.2) is 0 Å². The third-order valence-corrected chi connectivity index (χ3v) is 2.73. The summed E-state index contributed by atoms with van der Waals surface area (Å²) in [4.78, 5) is 6.21. The molecule has 15 heavy (non-hydrogen) atoms. The van der Waals surface area contributed by atoms with Crippen LogP contribution in [0.25, 0.3) is 0 Å². The van der Waals surface area contributed by atoms with E-state index < -0.39 is 0 Å². The van der Waals surface area contributed by atoms with Crippen molar-refractivity contribution in [3.05, 3.63) is 23.9 Å². The molecule has 0 bridgehead atoms. The number of anilines is 1. The Morgan fingerprint density at radius 3 is 3.20 bits per heavy atom. The number of aromatic nitrogens is 1. The zero-order valence-electron chi connectivity index (χ0n) is 8.76. The predicted octanol–water partition coefficient (Wildman–Crippen LogP) is 0.621. The Morgan fingerprint density at radius 2 is 2.47 bits per heavy atom. The van der Waals surface area contributed by atoms with Gasteiger partial charge < -0.3 is 10.8 Å². The van der Waals surface area contributed by atoms with Crippen molar-refractivity contribution in [1.82, 2.24) is 9.88 Å². The first-order valence-electron chi connectivity index (χ1n) is 5.35. The SMILES string of the molecule is Nc1cc(CN2CCCC(O)C2)ccn1. The van der Waals surface area contributed by atoms with E-state index in [1.807, 2.05) is 12.1 Å². The quantitative estimate of drug-likeness (QED) is 0.746. The number of aliphatic hydroxyl groups excluding tert-OH is 1. The van der Waals surface area contributed by atoms with Crippen LogP contribution in [0.2, 0.25) is 0 Å². The third-order valence-electron chi connectivity index (χ3n) is 2.73. The highest BCUT2D eigenvalue weighted by atomic mass is 16.3. The molecular weight excluding hydrogens is 190 g/mol. The molecule has 3 N–H and O–H groups in total. The number of hydrogen-bond donors (Lipinski definition) is 2. The topological polar surface area (TPSA) is 62.4 Å². The normalized spacial score (nSPS) is 22.9. The summed E-state index contributed by atoms with van der Waals surface area (Å²) in [5, 5.41) is 9.53. The molecular formula is C11H17N3O. The van der Waals surface area contributed by atoms with Crippen LogP contribution < -0.4 is 5.73 Å². The second-order valence-corrected chi connectivity index (χ2v) is 4.12. The Bertz CT molecular complexity index is 329. The van der Waals surface area contributed by atoms with Crippen LogP contribution in [0.4, 0.5) is 5.82 Å². The lowest BCUT2D eigenvalue weighted by Gasteiger charge is -2.29. The van der Waals surface area contributed by atoms with Crippen molar-refractivity contribution in [3.63, 3.8) is 0 Å². The van der Waals surface area contributed by atoms with E-state index >= 15 is 0 Å². The molecule has 1 fully saturated rings. The van der Waals surface area contributed by atoms with Crippen molar-refractivity contribution in [2.24, 2.45) is 0 Å². The molecule has 0 aromatic carbocycles. The van der Waals surface area contributed by atoms with E-state index in [4.69, 9.17) is 5.73 Å². The van der Waals surface area contributed by atoms with Crippen LogP contribution >= 0.6 is 0 Å². The molecule has 1 aliphatic heterocycles. The molecule has 0 saturated carbocycles. The van der Waals surface area contributed by atoms with Gasteiger partial charge in [0.1, 0.15) is 5.82 Å². The van der Waals surface area contributed by atoms with Crippen molar-refractivity contribution < 1.29 is 5.11 Å². The maximum absolute atomic E-state index is 9.53. The minimum absolute atomic E-state index is 0.169. The van der Waals surface area contributed by atoms with Gasteiger partial charge in [0.25, 0.3) is 0 Å². The van der Waals surface area contributed by atoms with Crippen molar-refractivity contribution in [3.8, 4) is 0 Å². The summed E-state index contributed by atoms with van der Waals surface area (Å²) < 4.78 is 0. The fraction of sp³-hybridized carbons (Fsp3) is 0.545. The number of nitrogens with two attached hydrogens (primary N) is 1. The molecule has 0 amide bonds. The Labute approximate surface area is 89.7 Å². The van der Waals surface area contributed by atoms with Gasteiger partial charge in [-0.05, 0) is 37.1 Å². The number of aliphatic hydroxyl groups is 1. The second kappa shape index (κ2) is 4.59. The lowest BCUT2D eigenvalue weighted by Crippen LogP contribution is -2.37. The van der Waals surface area contributed by atoms with Crippen LogP contribution in [0.3, 0.4) is 0 Å². The zero-order valence-corrected chi connectivity index (χ0v) is 8.76. The lowest BCUT2D eigenvalue weighted by atomic mass is 10.1. The summed E-state index contributed by atoms with van der Waals surface area (Å²) in [6.45, 7) is 2.67. The van der Waals surface area contributed by atoms with Gasteiger partial charge in [0.05, 0.1) is 6.10 Å². The molecule has 1 unspecified atom stereocenters. The molecule has 1 aromatic rings. The van der Waals surface area contributed by atoms with Crippen LogP contribution in [0.5, 0.6) is 0 Å². The number of rotatable bonds is 2. The third kappa shape index (κ3) is 2.91. The number of β-amino-alcohol motifs (C(OH)–C–C–N with tert-alkyl or cyclic N) is 1. The first-order valence-corrected chi connectivity index (χ1v) is 5.35. The maximum atomic E-state index is 9.53. The molecule has 4 nitrogen and oxygen atoms in total. The molecule has 4 heteroatoms. The van der Waals surface area contributed by atoms with Crippen LogP contribution in [-0.2, 0) is 6.54 Å². The summed E-state index contributed by atoms with van der Waals surface area (Å²) in [5.74, 6) is 0.560. The first-order chi connectivity index (χ1) is 7.24. The van der Waals surface area contributed by atoms with E-state index in [1.54, 1.807) is 6.20 Å². The number of nitrogens with zero attached hydrogens (tertiary/aromatic N) is 2. The smallest absolute Gasteiger partial charge is 0.123 e. The molecule has 0 spiro atoms. The van der Waals surface area contributed by atoms with E-state index in [9.17, 15) is 5.11 Å². The Hall–Kier alpha value is -1.13. The number of hydrogen-bond acceptors (Lipinski definition) is 4. The van der Waals surface area contributed by atoms with Gasteiger partial charge in [-0.15, -0.1) is 0 Å². The van der Waals surface area contributed by atoms with Gasteiger partial charge in [-0.3, -0.25) is 4.90 Å². The minimum atomic E-state index is -0.169. The highest BCUT2D eigenvalue weighted by Gasteiger charge is 2.17. The summed E-state index contributed by atoms with van der Waals surface area (Å²) in [7, 11) is 0. The highest BCUT2D eigenvalue weighted by Crippen LogP contribution is 2.14. The summed E-state index contributed by atoms with van der Waals surface area (Å²) >= 11 is 0. The molecule has 0 aliphatic carbocycles. The molecule has 1 saturated heterocycles. The van der Waals surface area contributed by atoms with Gasteiger partial charge in [0, 0.05) is 19.3 Å². The summed E-state index contributed by atoms with van der Waals surface area (Å²) in [5.41, 5.74) is 6.78. The highest BCUT2D eigenvalue weighted by molar-refractivity contribution is 5.31. The van der Waals surface area contributed by atoms with Gasteiger partial charge in [-0.1, -0.05) is 0 Å². The largest absolute Gasteiger partial charge is 0.392 e. The van der Waals surface area contributed by atoms with Crippen LogP contribution in [0.15, 0.2) is 18.3 Å². The average Bonchev–Trinajstić information content (AvgIpc) is 2.17. The Kier molecular flexibility index (Phi) is 3.18. The fourth-order valence-corrected chi connectivity index (χ4v) is 2.03. The number of piperidine rings is 1. The van der Waals surface area contributed by atoms with Crippen LogP contribution in [0, 0.1) is 0 Å². The number of pyridine rings is 1. The average molecular weight is 207 g/mol. The molecule has 1 aromatic heterocycles. The lowest BCUT2D eigenvalue weighted by molar-refractivity contribution is 0.0668. The molecule has 2 rings (SSSR count). The standard InChI is InChI=1S/C11H17N3O/c12-11-6-9(3-4-13-11)7-14-5-1-2-10(15)8-14/h3-4,6,10,15H,1-2,5,7-8H2,(H2,12,13). The summed E-state index contributed by atoms with van der Waals surface area (Å²) in [6.07, 6.45) is 3.56. The Morgan fingerprint density at radius 1 is 1.60 bits per heavy atom. The maximum Gasteiger partial charge on any atom is 0.123 e. The molecule has 2 heterocycles. The fourth-order valence-electron chi connectivity index (χ4n) is 2.03. The van der Waals surface area contributed by atoms with Gasteiger partial charge >= 0.3 is 0 Å².